The van der Waals surface area contributed by atoms with Gasteiger partial charge < -0.3 is 25.0 Å². The first-order valence-electron chi connectivity index (χ1n) is 9.14. The Kier molecular flexibility index (Phi) is 7.70. The number of amides is 2. The van der Waals surface area contributed by atoms with Crippen LogP contribution >= 0.6 is 0 Å². The summed E-state index contributed by atoms with van der Waals surface area (Å²) in [7, 11) is 4.65. The number of benzene rings is 2. The summed E-state index contributed by atoms with van der Waals surface area (Å²) < 4.78 is 10.2. The molecule has 0 aliphatic heterocycles. The topological polar surface area (TPSA) is 124 Å². The molecule has 2 amide bonds. The van der Waals surface area contributed by atoms with Gasteiger partial charge in [0, 0.05) is 11.8 Å². The monoisotopic (exact) mass is 417 g/mol. The number of hydrogen-bond acceptors (Lipinski definition) is 6. The quantitative estimate of drug-likeness (QED) is 0.414. The van der Waals surface area contributed by atoms with Crippen LogP contribution in [-0.4, -0.2) is 50.6 Å². The zero-order valence-corrected chi connectivity index (χ0v) is 17.2. The van der Waals surface area contributed by atoms with E-state index in [1.165, 1.54) is 25.3 Å². The first-order valence-corrected chi connectivity index (χ1v) is 9.14. The lowest BCUT2D eigenvalue weighted by atomic mass is 10.2. The Hall–Kier alpha value is -3.66. The summed E-state index contributed by atoms with van der Waals surface area (Å²) in [5.74, 6) is 0.268. The van der Waals surface area contributed by atoms with Gasteiger partial charge in [0.15, 0.2) is 12.6 Å². The molecule has 10 heteroatoms. The van der Waals surface area contributed by atoms with E-state index in [-0.39, 0.29) is 29.8 Å². The molecule has 1 unspecified atom stereocenters. The standard InChI is InChI=1S/C20H24N4O6/c1-13(20(26)22-17-10-7-15(24(27)28)11-18(17)30-4)23(2)12-19(25)21-14-5-8-16(29-3)9-6-14/h5-11,13H,12H2,1-4H3,(H,21,25)(H,22,26)/p+1/t13-/m0/s1. The molecule has 0 bridgehead atoms. The molecular formula is C20H25N4O6+. The van der Waals surface area contributed by atoms with Crippen molar-refractivity contribution in [2.75, 3.05) is 38.4 Å². The first kappa shape index (κ1) is 22.6. The number of nitro groups is 1. The molecule has 0 radical (unpaired) electrons. The van der Waals surface area contributed by atoms with Gasteiger partial charge in [0.25, 0.3) is 17.5 Å². The molecule has 30 heavy (non-hydrogen) atoms. The fourth-order valence-electron chi connectivity index (χ4n) is 2.65. The van der Waals surface area contributed by atoms with E-state index in [1.807, 2.05) is 0 Å². The van der Waals surface area contributed by atoms with Crippen molar-refractivity contribution in [1.82, 2.24) is 0 Å². The fourth-order valence-corrected chi connectivity index (χ4v) is 2.65. The highest BCUT2D eigenvalue weighted by molar-refractivity contribution is 5.95. The van der Waals surface area contributed by atoms with Crippen molar-refractivity contribution in [3.63, 3.8) is 0 Å². The Morgan fingerprint density at radius 1 is 1.10 bits per heavy atom. The van der Waals surface area contributed by atoms with Crippen molar-refractivity contribution in [2.24, 2.45) is 0 Å². The normalized spacial score (nSPS) is 12.4. The predicted octanol–water partition coefficient (Wildman–Crippen LogP) is 1.09. The van der Waals surface area contributed by atoms with Crippen molar-refractivity contribution in [3.05, 3.63) is 52.6 Å². The van der Waals surface area contributed by atoms with Gasteiger partial charge in [-0.25, -0.2) is 0 Å². The lowest BCUT2D eigenvalue weighted by molar-refractivity contribution is -0.885. The molecule has 10 nitrogen and oxygen atoms in total. The number of rotatable bonds is 9. The Balaban J connectivity index is 1.96. The number of non-ortho nitro benzene ring substituents is 1. The second-order valence-corrected chi connectivity index (χ2v) is 6.65. The van der Waals surface area contributed by atoms with Gasteiger partial charge >= 0.3 is 0 Å². The summed E-state index contributed by atoms with van der Waals surface area (Å²) >= 11 is 0. The lowest BCUT2D eigenvalue weighted by Gasteiger charge is -2.21. The molecule has 0 aliphatic rings. The van der Waals surface area contributed by atoms with Crippen molar-refractivity contribution in [2.45, 2.75) is 13.0 Å². The molecule has 160 valence electrons. The number of methoxy groups -OCH3 is 2. The van der Waals surface area contributed by atoms with Gasteiger partial charge in [0.1, 0.15) is 11.5 Å². The average Bonchev–Trinajstić information content (AvgIpc) is 2.73. The van der Waals surface area contributed by atoms with E-state index in [2.05, 4.69) is 10.6 Å². The smallest absolute Gasteiger partial charge is 0.282 e. The number of carbonyl (C=O) groups excluding carboxylic acids is 2. The Bertz CT molecular complexity index is 916. The summed E-state index contributed by atoms with van der Waals surface area (Å²) in [6.07, 6.45) is 0. The van der Waals surface area contributed by atoms with Crippen LogP contribution in [-0.2, 0) is 9.59 Å². The summed E-state index contributed by atoms with van der Waals surface area (Å²) in [4.78, 5) is 35.9. The molecule has 0 spiro atoms. The molecule has 0 fully saturated rings. The molecule has 2 aromatic rings. The van der Waals surface area contributed by atoms with Gasteiger partial charge in [0.2, 0.25) is 0 Å². The molecule has 0 heterocycles. The van der Waals surface area contributed by atoms with Crippen LogP contribution in [0.2, 0.25) is 0 Å². The number of carbonyl (C=O) groups is 2. The van der Waals surface area contributed by atoms with Crippen LogP contribution in [0, 0.1) is 10.1 Å². The van der Waals surface area contributed by atoms with Crippen molar-refractivity contribution >= 4 is 28.9 Å². The maximum absolute atomic E-state index is 12.6. The minimum absolute atomic E-state index is 0.0675. The van der Waals surface area contributed by atoms with Crippen LogP contribution in [0.25, 0.3) is 0 Å². The van der Waals surface area contributed by atoms with Gasteiger partial charge in [-0.2, -0.15) is 0 Å². The summed E-state index contributed by atoms with van der Waals surface area (Å²) in [6, 6.07) is 10.3. The van der Waals surface area contributed by atoms with Gasteiger partial charge in [-0.15, -0.1) is 0 Å². The van der Waals surface area contributed by atoms with Gasteiger partial charge in [-0.05, 0) is 37.3 Å². The highest BCUT2D eigenvalue weighted by Crippen LogP contribution is 2.28. The first-order chi connectivity index (χ1) is 14.2. The Morgan fingerprint density at radius 2 is 1.77 bits per heavy atom. The number of ether oxygens (including phenoxy) is 2. The molecule has 2 rings (SSSR count). The molecule has 0 saturated heterocycles. The van der Waals surface area contributed by atoms with Crippen LogP contribution in [0.4, 0.5) is 17.1 Å². The summed E-state index contributed by atoms with van der Waals surface area (Å²) in [6.45, 7) is 1.75. The summed E-state index contributed by atoms with van der Waals surface area (Å²) in [5.41, 5.74) is 0.799. The SMILES string of the molecule is COc1ccc(NC(=O)C[NH+](C)[C@@H](C)C(=O)Nc2ccc([N+](=O)[O-])cc2OC)cc1. The average molecular weight is 417 g/mol. The highest BCUT2D eigenvalue weighted by Gasteiger charge is 2.25. The largest absolute Gasteiger partial charge is 0.497 e. The molecule has 0 aromatic heterocycles. The van der Waals surface area contributed by atoms with Crippen LogP contribution < -0.4 is 25.0 Å². The van der Waals surface area contributed by atoms with Crippen molar-refractivity contribution in [3.8, 4) is 11.5 Å². The van der Waals surface area contributed by atoms with Crippen LogP contribution in [0.5, 0.6) is 11.5 Å². The third-order valence-corrected chi connectivity index (χ3v) is 4.60. The van der Waals surface area contributed by atoms with Crippen LogP contribution in [0.15, 0.2) is 42.5 Å². The van der Waals surface area contributed by atoms with Gasteiger partial charge in [-0.3, -0.25) is 19.7 Å². The zero-order chi connectivity index (χ0) is 22.3. The number of likely N-dealkylation sites (N-methyl/N-ethyl adjacent to an activating group) is 1. The molecule has 2 aromatic carbocycles. The number of anilines is 2. The lowest BCUT2D eigenvalue weighted by Crippen LogP contribution is -3.14. The number of nitro benzene ring substituents is 1. The predicted molar refractivity (Wildman–Crippen MR) is 111 cm³/mol. The molecular weight excluding hydrogens is 392 g/mol. The van der Waals surface area contributed by atoms with E-state index >= 15 is 0 Å². The third kappa shape index (κ3) is 5.92. The summed E-state index contributed by atoms with van der Waals surface area (Å²) in [5, 5.41) is 16.3. The van der Waals surface area contributed by atoms with E-state index in [1.54, 1.807) is 45.3 Å². The molecule has 3 N–H and O–H groups in total. The van der Waals surface area contributed by atoms with E-state index in [9.17, 15) is 19.7 Å². The number of nitrogens with one attached hydrogen (secondary N) is 3. The molecule has 0 aliphatic carbocycles. The Labute approximate surface area is 173 Å². The number of quaternary nitrogens is 1. The van der Waals surface area contributed by atoms with Gasteiger partial charge in [-0.1, -0.05) is 0 Å². The van der Waals surface area contributed by atoms with Gasteiger partial charge in [0.05, 0.1) is 37.9 Å². The van der Waals surface area contributed by atoms with Crippen molar-refractivity contribution < 1.29 is 28.9 Å². The fraction of sp³-hybridized carbons (Fsp3) is 0.300. The van der Waals surface area contributed by atoms with E-state index in [0.717, 1.165) is 0 Å². The number of hydrogen-bond donors (Lipinski definition) is 3. The maximum Gasteiger partial charge on any atom is 0.282 e. The second kappa shape index (κ2) is 10.2. The van der Waals surface area contributed by atoms with E-state index in [0.29, 0.717) is 22.0 Å². The maximum atomic E-state index is 12.6. The minimum atomic E-state index is -0.563. The van der Waals surface area contributed by atoms with Crippen LogP contribution in [0.3, 0.4) is 0 Å². The van der Waals surface area contributed by atoms with Crippen LogP contribution in [0.1, 0.15) is 6.92 Å². The third-order valence-electron chi connectivity index (χ3n) is 4.60. The highest BCUT2D eigenvalue weighted by atomic mass is 16.6. The molecule has 2 atom stereocenters. The van der Waals surface area contributed by atoms with Crippen molar-refractivity contribution in [1.29, 1.82) is 0 Å². The minimum Gasteiger partial charge on any atom is -0.497 e. The second-order valence-electron chi connectivity index (χ2n) is 6.65. The molecule has 0 saturated carbocycles. The number of nitrogens with zero attached hydrogens (tertiary/aromatic N) is 1. The zero-order valence-electron chi connectivity index (χ0n) is 17.2. The van der Waals surface area contributed by atoms with E-state index < -0.39 is 11.0 Å². The van der Waals surface area contributed by atoms with E-state index in [4.69, 9.17) is 9.47 Å². The Morgan fingerprint density at radius 3 is 2.33 bits per heavy atom.